The molecule has 0 saturated carbocycles. The van der Waals surface area contributed by atoms with Gasteiger partial charge in [0, 0.05) is 12.5 Å². The van der Waals surface area contributed by atoms with Crippen LogP contribution in [-0.2, 0) is 6.42 Å². The van der Waals surface area contributed by atoms with Crippen molar-refractivity contribution in [1.29, 1.82) is 0 Å². The van der Waals surface area contributed by atoms with Crippen LogP contribution >= 0.6 is 15.9 Å². The molecule has 96 valence electrons. The average Bonchev–Trinajstić information content (AvgIpc) is 2.97. The fourth-order valence-electron chi connectivity index (χ4n) is 1.64. The van der Waals surface area contributed by atoms with Gasteiger partial charge in [-0.15, -0.1) is 0 Å². The van der Waals surface area contributed by atoms with Gasteiger partial charge in [0.05, 0.1) is 18.1 Å². The molecule has 1 atom stereocenters. The maximum absolute atomic E-state index is 11.9. The minimum Gasteiger partial charge on any atom is -0.469 e. The lowest BCUT2D eigenvalue weighted by Gasteiger charge is -2.12. The molecule has 1 amide bonds. The summed E-state index contributed by atoms with van der Waals surface area (Å²) in [5, 5.41) is 2.91. The molecule has 4 nitrogen and oxygen atoms in total. The first-order valence-electron chi connectivity index (χ1n) is 5.73. The highest BCUT2D eigenvalue weighted by Gasteiger charge is 2.15. The summed E-state index contributed by atoms with van der Waals surface area (Å²) in [5.41, 5.74) is 0.514. The molecule has 0 aliphatic rings. The van der Waals surface area contributed by atoms with Crippen LogP contribution in [0.4, 0.5) is 0 Å². The Morgan fingerprint density at radius 1 is 1.39 bits per heavy atom. The number of hydrogen-bond donors (Lipinski definition) is 1. The van der Waals surface area contributed by atoms with E-state index < -0.39 is 0 Å². The van der Waals surface area contributed by atoms with Gasteiger partial charge in [0.2, 0.25) is 0 Å². The fraction of sp³-hybridized carbons (Fsp3) is 0.308. The summed E-state index contributed by atoms with van der Waals surface area (Å²) >= 11 is 3.18. The predicted octanol–water partition coefficient (Wildman–Crippen LogP) is 3.39. The van der Waals surface area contributed by atoms with Gasteiger partial charge in [-0.2, -0.15) is 0 Å². The maximum atomic E-state index is 11.9. The Morgan fingerprint density at radius 2 is 2.22 bits per heavy atom. The highest BCUT2D eigenvalue weighted by Crippen LogP contribution is 2.17. The van der Waals surface area contributed by atoms with Crippen molar-refractivity contribution in [2.45, 2.75) is 25.8 Å². The van der Waals surface area contributed by atoms with Crippen molar-refractivity contribution < 1.29 is 13.6 Å². The Bertz CT molecular complexity index is 504. The molecule has 5 heteroatoms. The van der Waals surface area contributed by atoms with Gasteiger partial charge >= 0.3 is 0 Å². The quantitative estimate of drug-likeness (QED) is 0.921. The number of rotatable bonds is 5. The molecule has 1 unspecified atom stereocenters. The zero-order valence-electron chi connectivity index (χ0n) is 9.98. The van der Waals surface area contributed by atoms with Gasteiger partial charge in [0.15, 0.2) is 4.67 Å². The Balaban J connectivity index is 1.82. The number of carbonyl (C=O) groups is 1. The van der Waals surface area contributed by atoms with Crippen molar-refractivity contribution in [2.24, 2.45) is 0 Å². The number of carbonyl (C=O) groups excluding carboxylic acids is 1. The minimum absolute atomic E-state index is 0.0735. The summed E-state index contributed by atoms with van der Waals surface area (Å²) < 4.78 is 10.7. The number of aryl methyl sites for hydroxylation is 1. The fourth-order valence-corrected chi connectivity index (χ4v) is 2.06. The van der Waals surface area contributed by atoms with Gasteiger partial charge in [-0.1, -0.05) is 0 Å². The van der Waals surface area contributed by atoms with E-state index in [1.807, 2.05) is 19.1 Å². The molecule has 2 heterocycles. The SMILES string of the molecule is CC(CCc1ccco1)NC(=O)c1ccoc1Br. The molecule has 0 saturated heterocycles. The van der Waals surface area contributed by atoms with Crippen molar-refractivity contribution in [3.8, 4) is 0 Å². The first-order valence-corrected chi connectivity index (χ1v) is 6.52. The highest BCUT2D eigenvalue weighted by molar-refractivity contribution is 9.10. The second-order valence-electron chi connectivity index (χ2n) is 4.10. The van der Waals surface area contributed by atoms with E-state index in [-0.39, 0.29) is 11.9 Å². The summed E-state index contributed by atoms with van der Waals surface area (Å²) in [7, 11) is 0. The van der Waals surface area contributed by atoms with E-state index in [0.717, 1.165) is 18.6 Å². The number of amides is 1. The van der Waals surface area contributed by atoms with Gasteiger partial charge in [0.25, 0.3) is 5.91 Å². The molecule has 0 fully saturated rings. The van der Waals surface area contributed by atoms with E-state index in [1.54, 1.807) is 12.3 Å². The Labute approximate surface area is 113 Å². The molecule has 0 bridgehead atoms. The lowest BCUT2D eigenvalue weighted by molar-refractivity contribution is 0.0936. The van der Waals surface area contributed by atoms with Crippen LogP contribution in [0, 0.1) is 0 Å². The van der Waals surface area contributed by atoms with Crippen LogP contribution in [0.5, 0.6) is 0 Å². The summed E-state index contributed by atoms with van der Waals surface area (Å²) in [5.74, 6) is 0.795. The Hall–Kier alpha value is -1.49. The van der Waals surface area contributed by atoms with Gasteiger partial charge in [-0.25, -0.2) is 0 Å². The van der Waals surface area contributed by atoms with Gasteiger partial charge in [0.1, 0.15) is 5.76 Å². The summed E-state index contributed by atoms with van der Waals surface area (Å²) in [6.45, 7) is 1.97. The van der Waals surface area contributed by atoms with Crippen LogP contribution < -0.4 is 5.32 Å². The topological polar surface area (TPSA) is 55.4 Å². The smallest absolute Gasteiger partial charge is 0.255 e. The zero-order chi connectivity index (χ0) is 13.0. The van der Waals surface area contributed by atoms with Crippen molar-refractivity contribution in [3.63, 3.8) is 0 Å². The molecule has 2 rings (SSSR count). The summed E-state index contributed by atoms with van der Waals surface area (Å²) in [6.07, 6.45) is 4.77. The molecule has 18 heavy (non-hydrogen) atoms. The summed E-state index contributed by atoms with van der Waals surface area (Å²) in [4.78, 5) is 11.9. The van der Waals surface area contributed by atoms with Crippen LogP contribution in [0.15, 0.2) is 44.2 Å². The monoisotopic (exact) mass is 311 g/mol. The van der Waals surface area contributed by atoms with Crippen LogP contribution in [0.1, 0.15) is 29.5 Å². The van der Waals surface area contributed by atoms with E-state index in [1.165, 1.54) is 6.26 Å². The molecule has 0 aliphatic carbocycles. The van der Waals surface area contributed by atoms with Gasteiger partial charge in [-0.3, -0.25) is 4.79 Å². The number of halogens is 1. The third-order valence-corrected chi connectivity index (χ3v) is 3.26. The van der Waals surface area contributed by atoms with Crippen LogP contribution in [0.25, 0.3) is 0 Å². The first-order chi connectivity index (χ1) is 8.66. The van der Waals surface area contributed by atoms with Crippen molar-refractivity contribution in [3.05, 3.63) is 46.7 Å². The largest absolute Gasteiger partial charge is 0.469 e. The van der Waals surface area contributed by atoms with Crippen LogP contribution in [0.2, 0.25) is 0 Å². The minimum atomic E-state index is -0.137. The Morgan fingerprint density at radius 3 is 2.83 bits per heavy atom. The molecule has 0 radical (unpaired) electrons. The van der Waals surface area contributed by atoms with E-state index in [0.29, 0.717) is 10.2 Å². The maximum Gasteiger partial charge on any atom is 0.255 e. The van der Waals surface area contributed by atoms with Crippen LogP contribution in [-0.4, -0.2) is 11.9 Å². The lowest BCUT2D eigenvalue weighted by atomic mass is 10.1. The second kappa shape index (κ2) is 5.91. The molecule has 0 aliphatic heterocycles. The number of nitrogens with one attached hydrogen (secondary N) is 1. The highest BCUT2D eigenvalue weighted by atomic mass is 79.9. The Kier molecular flexibility index (Phi) is 4.25. The molecule has 2 aromatic rings. The van der Waals surface area contributed by atoms with E-state index in [9.17, 15) is 4.79 Å². The second-order valence-corrected chi connectivity index (χ2v) is 4.82. The molecular formula is C13H14BrNO3. The average molecular weight is 312 g/mol. The lowest BCUT2D eigenvalue weighted by Crippen LogP contribution is -2.32. The molecule has 1 N–H and O–H groups in total. The van der Waals surface area contributed by atoms with Crippen molar-refractivity contribution >= 4 is 21.8 Å². The van der Waals surface area contributed by atoms with Crippen molar-refractivity contribution in [1.82, 2.24) is 5.32 Å². The van der Waals surface area contributed by atoms with Crippen LogP contribution in [0.3, 0.4) is 0 Å². The zero-order valence-corrected chi connectivity index (χ0v) is 11.6. The third kappa shape index (κ3) is 3.26. The van der Waals surface area contributed by atoms with E-state index >= 15 is 0 Å². The number of hydrogen-bond acceptors (Lipinski definition) is 3. The van der Waals surface area contributed by atoms with Crippen molar-refractivity contribution in [2.75, 3.05) is 0 Å². The van der Waals surface area contributed by atoms with Gasteiger partial charge < -0.3 is 14.2 Å². The van der Waals surface area contributed by atoms with E-state index in [4.69, 9.17) is 8.83 Å². The normalized spacial score (nSPS) is 12.3. The standard InChI is InChI=1S/C13H14BrNO3/c1-9(4-5-10-3-2-7-17-10)15-13(16)11-6-8-18-12(11)14/h2-3,6-9H,4-5H2,1H3,(H,15,16). The molecule has 0 aromatic carbocycles. The predicted molar refractivity (Wildman–Crippen MR) is 70.4 cm³/mol. The third-order valence-electron chi connectivity index (χ3n) is 2.64. The molecule has 2 aromatic heterocycles. The van der Waals surface area contributed by atoms with Gasteiger partial charge in [-0.05, 0) is 47.5 Å². The van der Waals surface area contributed by atoms with E-state index in [2.05, 4.69) is 21.2 Å². The molecular weight excluding hydrogens is 298 g/mol. The summed E-state index contributed by atoms with van der Waals surface area (Å²) in [6, 6.07) is 5.51. The number of furan rings is 2. The molecule has 0 spiro atoms. The first kappa shape index (κ1) is 13.0.